The summed E-state index contributed by atoms with van der Waals surface area (Å²) in [5.41, 5.74) is 3.42. The van der Waals surface area contributed by atoms with Crippen LogP contribution in [0.4, 0.5) is 11.4 Å². The number of amides is 2. The molecule has 192 valence electrons. The number of carbonyl (C=O) groups excluding carboxylic acids is 2. The van der Waals surface area contributed by atoms with Gasteiger partial charge in [0.25, 0.3) is 0 Å². The van der Waals surface area contributed by atoms with E-state index in [1.165, 1.54) is 12.2 Å². The highest BCUT2D eigenvalue weighted by molar-refractivity contribution is 6.08. The molecule has 3 aromatic rings. The van der Waals surface area contributed by atoms with Crippen molar-refractivity contribution in [3.8, 4) is 23.0 Å². The van der Waals surface area contributed by atoms with Crippen LogP contribution in [0.1, 0.15) is 16.7 Å². The lowest BCUT2D eigenvalue weighted by molar-refractivity contribution is -0.112. The van der Waals surface area contributed by atoms with Gasteiger partial charge in [-0.2, -0.15) is 0 Å². The third-order valence-electron chi connectivity index (χ3n) is 5.36. The molecular formula is C29H30N2O6. The molecule has 0 saturated carbocycles. The van der Waals surface area contributed by atoms with Gasteiger partial charge in [0, 0.05) is 12.2 Å². The van der Waals surface area contributed by atoms with E-state index in [1.54, 1.807) is 77.0 Å². The molecule has 0 unspecified atom stereocenters. The molecule has 0 aromatic heterocycles. The second kappa shape index (κ2) is 12.8. The summed E-state index contributed by atoms with van der Waals surface area (Å²) in [7, 11) is 6.22. The minimum Gasteiger partial charge on any atom is -0.493 e. The maximum atomic E-state index is 12.6. The van der Waals surface area contributed by atoms with Gasteiger partial charge in [-0.15, -0.1) is 0 Å². The number of rotatable bonds is 10. The molecular weight excluding hydrogens is 472 g/mol. The highest BCUT2D eigenvalue weighted by atomic mass is 16.5. The van der Waals surface area contributed by atoms with Gasteiger partial charge >= 0.3 is 0 Å². The summed E-state index contributed by atoms with van der Waals surface area (Å²) < 4.78 is 21.1. The standard InChI is InChI=1S/C29H30N2O6/c1-19-6-11-22(30-28(32)14-9-20-7-12-24(34-2)26(17-20)36-4)23(16-19)31-29(33)15-10-21-8-13-25(35-3)27(18-21)37-5/h6-18H,1-5H3,(H,30,32)(H,31,33)/b14-9+,15-10+. The Labute approximate surface area is 216 Å². The topological polar surface area (TPSA) is 95.1 Å². The molecule has 0 aliphatic carbocycles. The predicted molar refractivity (Wildman–Crippen MR) is 146 cm³/mol. The molecule has 2 N–H and O–H groups in total. The zero-order valence-electron chi connectivity index (χ0n) is 21.5. The molecule has 0 aliphatic heterocycles. The average molecular weight is 503 g/mol. The van der Waals surface area contributed by atoms with E-state index in [0.29, 0.717) is 34.4 Å². The van der Waals surface area contributed by atoms with Crippen LogP contribution in [0, 0.1) is 6.92 Å². The van der Waals surface area contributed by atoms with Crippen molar-refractivity contribution in [1.29, 1.82) is 0 Å². The highest BCUT2D eigenvalue weighted by Gasteiger charge is 2.09. The van der Waals surface area contributed by atoms with E-state index in [-0.39, 0.29) is 11.8 Å². The van der Waals surface area contributed by atoms with Gasteiger partial charge in [0.05, 0.1) is 39.8 Å². The predicted octanol–water partition coefficient (Wildman–Crippen LogP) is 5.33. The minimum atomic E-state index is -0.352. The maximum absolute atomic E-state index is 12.6. The fraction of sp³-hybridized carbons (Fsp3) is 0.172. The van der Waals surface area contributed by atoms with E-state index in [2.05, 4.69) is 10.6 Å². The van der Waals surface area contributed by atoms with Crippen molar-refractivity contribution in [1.82, 2.24) is 0 Å². The molecule has 3 rings (SSSR count). The number of methoxy groups -OCH3 is 4. The molecule has 0 radical (unpaired) electrons. The van der Waals surface area contributed by atoms with Crippen LogP contribution in [0.2, 0.25) is 0 Å². The summed E-state index contributed by atoms with van der Waals surface area (Å²) >= 11 is 0. The second-order valence-corrected chi connectivity index (χ2v) is 7.92. The Morgan fingerprint density at radius 3 is 1.51 bits per heavy atom. The number of ether oxygens (including phenoxy) is 4. The van der Waals surface area contributed by atoms with Gasteiger partial charge in [0.15, 0.2) is 23.0 Å². The van der Waals surface area contributed by atoms with Crippen molar-refractivity contribution in [3.05, 3.63) is 83.4 Å². The van der Waals surface area contributed by atoms with E-state index in [0.717, 1.165) is 16.7 Å². The van der Waals surface area contributed by atoms with Gasteiger partial charge in [-0.05, 0) is 72.2 Å². The Hall–Kier alpha value is -4.72. The molecule has 0 fully saturated rings. The molecule has 2 amide bonds. The number of hydrogen-bond donors (Lipinski definition) is 2. The molecule has 0 bridgehead atoms. The number of aryl methyl sites for hydroxylation is 1. The van der Waals surface area contributed by atoms with Gasteiger partial charge in [-0.1, -0.05) is 18.2 Å². The van der Waals surface area contributed by atoms with Gasteiger partial charge < -0.3 is 29.6 Å². The summed E-state index contributed by atoms with van der Waals surface area (Å²) in [6.07, 6.45) is 6.14. The van der Waals surface area contributed by atoms with Gasteiger partial charge in [0.2, 0.25) is 11.8 Å². The average Bonchev–Trinajstić information content (AvgIpc) is 2.91. The summed E-state index contributed by atoms with van der Waals surface area (Å²) in [5.74, 6) is 1.63. The fourth-order valence-corrected chi connectivity index (χ4v) is 3.48. The van der Waals surface area contributed by atoms with Crippen molar-refractivity contribution in [2.45, 2.75) is 6.92 Å². The Morgan fingerprint density at radius 1 is 0.595 bits per heavy atom. The lowest BCUT2D eigenvalue weighted by Crippen LogP contribution is -2.14. The second-order valence-electron chi connectivity index (χ2n) is 7.92. The Morgan fingerprint density at radius 2 is 1.05 bits per heavy atom. The first-order valence-electron chi connectivity index (χ1n) is 11.4. The number of carbonyl (C=O) groups is 2. The zero-order valence-corrected chi connectivity index (χ0v) is 21.5. The number of nitrogens with one attached hydrogen (secondary N) is 2. The van der Waals surface area contributed by atoms with Crippen LogP contribution in [0.3, 0.4) is 0 Å². The normalized spacial score (nSPS) is 10.8. The first kappa shape index (κ1) is 26.9. The van der Waals surface area contributed by atoms with Crippen molar-refractivity contribution >= 4 is 35.3 Å². The first-order valence-corrected chi connectivity index (χ1v) is 11.4. The monoisotopic (exact) mass is 502 g/mol. The van der Waals surface area contributed by atoms with Crippen LogP contribution in [0.25, 0.3) is 12.2 Å². The molecule has 8 nitrogen and oxygen atoms in total. The van der Waals surface area contributed by atoms with E-state index < -0.39 is 0 Å². The van der Waals surface area contributed by atoms with Gasteiger partial charge in [0.1, 0.15) is 0 Å². The molecule has 3 aromatic carbocycles. The van der Waals surface area contributed by atoms with Crippen LogP contribution in [0.5, 0.6) is 23.0 Å². The molecule has 0 aliphatic rings. The fourth-order valence-electron chi connectivity index (χ4n) is 3.48. The molecule has 0 atom stereocenters. The summed E-state index contributed by atoms with van der Waals surface area (Å²) in [5, 5.41) is 5.64. The molecule has 37 heavy (non-hydrogen) atoms. The van der Waals surface area contributed by atoms with E-state index in [1.807, 2.05) is 25.1 Å². The van der Waals surface area contributed by atoms with Crippen LogP contribution < -0.4 is 29.6 Å². The zero-order chi connectivity index (χ0) is 26.8. The number of anilines is 2. The molecule has 8 heteroatoms. The third-order valence-corrected chi connectivity index (χ3v) is 5.36. The molecule has 0 heterocycles. The van der Waals surface area contributed by atoms with Crippen LogP contribution in [-0.4, -0.2) is 40.3 Å². The first-order chi connectivity index (χ1) is 17.9. The lowest BCUT2D eigenvalue weighted by Gasteiger charge is -2.12. The van der Waals surface area contributed by atoms with Gasteiger partial charge in [-0.25, -0.2) is 0 Å². The van der Waals surface area contributed by atoms with E-state index in [4.69, 9.17) is 18.9 Å². The van der Waals surface area contributed by atoms with Crippen LogP contribution in [0.15, 0.2) is 66.7 Å². The van der Waals surface area contributed by atoms with Crippen LogP contribution in [-0.2, 0) is 9.59 Å². The van der Waals surface area contributed by atoms with Crippen molar-refractivity contribution in [3.63, 3.8) is 0 Å². The minimum absolute atomic E-state index is 0.350. The summed E-state index contributed by atoms with van der Waals surface area (Å²) in [6.45, 7) is 1.90. The lowest BCUT2D eigenvalue weighted by atomic mass is 10.1. The smallest absolute Gasteiger partial charge is 0.248 e. The molecule has 0 spiro atoms. The molecule has 0 saturated heterocycles. The Kier molecular flexibility index (Phi) is 9.32. The quantitative estimate of drug-likeness (QED) is 0.364. The van der Waals surface area contributed by atoms with E-state index >= 15 is 0 Å². The summed E-state index contributed by atoms with van der Waals surface area (Å²) in [6, 6.07) is 16.1. The largest absolute Gasteiger partial charge is 0.493 e. The highest BCUT2D eigenvalue weighted by Crippen LogP contribution is 2.29. The number of benzene rings is 3. The Bertz CT molecular complexity index is 1330. The summed E-state index contributed by atoms with van der Waals surface area (Å²) in [4.78, 5) is 25.2. The van der Waals surface area contributed by atoms with Crippen molar-refractivity contribution in [2.24, 2.45) is 0 Å². The SMILES string of the molecule is COc1ccc(/C=C/C(=O)Nc2ccc(C)cc2NC(=O)/C=C/c2ccc(OC)c(OC)c2)cc1OC. The third kappa shape index (κ3) is 7.38. The van der Waals surface area contributed by atoms with Gasteiger partial charge in [-0.3, -0.25) is 9.59 Å². The maximum Gasteiger partial charge on any atom is 0.248 e. The van der Waals surface area contributed by atoms with Crippen molar-refractivity contribution < 1.29 is 28.5 Å². The van der Waals surface area contributed by atoms with E-state index in [9.17, 15) is 9.59 Å². The van der Waals surface area contributed by atoms with Crippen molar-refractivity contribution in [2.75, 3.05) is 39.1 Å². The number of hydrogen-bond acceptors (Lipinski definition) is 6. The van der Waals surface area contributed by atoms with Crippen LogP contribution >= 0.6 is 0 Å². The Balaban J connectivity index is 1.70.